The highest BCUT2D eigenvalue weighted by Crippen LogP contribution is 2.38. The molecule has 0 radical (unpaired) electrons. The van der Waals surface area contributed by atoms with Crippen LogP contribution >= 0.6 is 0 Å². The third kappa shape index (κ3) is 2.44. The van der Waals surface area contributed by atoms with E-state index in [1.54, 1.807) is 0 Å². The fourth-order valence-electron chi connectivity index (χ4n) is 2.86. The van der Waals surface area contributed by atoms with Crippen LogP contribution < -0.4 is 5.73 Å². The molecule has 2 heteroatoms. The van der Waals surface area contributed by atoms with Crippen molar-refractivity contribution in [1.29, 1.82) is 0 Å². The third-order valence-electron chi connectivity index (χ3n) is 3.56. The van der Waals surface area contributed by atoms with Crippen LogP contribution in [0.1, 0.15) is 27.2 Å². The van der Waals surface area contributed by atoms with E-state index in [9.17, 15) is 0 Å². The van der Waals surface area contributed by atoms with Gasteiger partial charge in [-0.25, -0.2) is 0 Å². The van der Waals surface area contributed by atoms with Gasteiger partial charge in [0, 0.05) is 6.54 Å². The Morgan fingerprint density at radius 1 is 1.54 bits per heavy atom. The van der Waals surface area contributed by atoms with Crippen molar-refractivity contribution < 1.29 is 0 Å². The van der Waals surface area contributed by atoms with Crippen molar-refractivity contribution in [3.63, 3.8) is 0 Å². The first-order valence-corrected chi connectivity index (χ1v) is 5.36. The molecule has 13 heavy (non-hydrogen) atoms. The topological polar surface area (TPSA) is 29.3 Å². The highest BCUT2D eigenvalue weighted by molar-refractivity contribution is 4.88. The molecular weight excluding hydrogens is 160 g/mol. The predicted octanol–water partition coefficient (Wildman–Crippen LogP) is 1.56. The highest BCUT2D eigenvalue weighted by atomic mass is 15.1. The SMILES string of the molecule is CC(CN)C1CCN(C)CC1(C)C. The molecule has 1 rings (SSSR count). The van der Waals surface area contributed by atoms with Crippen LogP contribution in [0.2, 0.25) is 0 Å². The maximum atomic E-state index is 5.75. The molecule has 1 aliphatic rings. The van der Waals surface area contributed by atoms with Gasteiger partial charge in [-0.05, 0) is 43.8 Å². The van der Waals surface area contributed by atoms with Crippen LogP contribution in [0.4, 0.5) is 0 Å². The van der Waals surface area contributed by atoms with Gasteiger partial charge in [-0.2, -0.15) is 0 Å². The minimum Gasteiger partial charge on any atom is -0.330 e. The van der Waals surface area contributed by atoms with Gasteiger partial charge in [-0.15, -0.1) is 0 Å². The van der Waals surface area contributed by atoms with E-state index in [1.807, 2.05) is 0 Å². The summed E-state index contributed by atoms with van der Waals surface area (Å²) in [5, 5.41) is 0. The minimum atomic E-state index is 0.436. The van der Waals surface area contributed by atoms with E-state index in [0.29, 0.717) is 11.3 Å². The zero-order valence-electron chi connectivity index (χ0n) is 9.51. The van der Waals surface area contributed by atoms with Gasteiger partial charge in [0.25, 0.3) is 0 Å². The highest BCUT2D eigenvalue weighted by Gasteiger charge is 2.36. The minimum absolute atomic E-state index is 0.436. The van der Waals surface area contributed by atoms with E-state index in [4.69, 9.17) is 5.73 Å². The second kappa shape index (κ2) is 3.97. The third-order valence-corrected chi connectivity index (χ3v) is 3.56. The molecule has 0 aromatic heterocycles. The quantitative estimate of drug-likeness (QED) is 0.705. The first-order valence-electron chi connectivity index (χ1n) is 5.36. The van der Waals surface area contributed by atoms with Crippen LogP contribution in [0.15, 0.2) is 0 Å². The van der Waals surface area contributed by atoms with Gasteiger partial charge >= 0.3 is 0 Å². The molecule has 1 heterocycles. The Labute approximate surface area is 82.5 Å². The lowest BCUT2D eigenvalue weighted by Gasteiger charge is -2.45. The molecule has 0 amide bonds. The monoisotopic (exact) mass is 184 g/mol. The van der Waals surface area contributed by atoms with E-state index in [0.717, 1.165) is 12.5 Å². The Morgan fingerprint density at radius 2 is 2.15 bits per heavy atom. The van der Waals surface area contributed by atoms with Crippen LogP contribution in [0.25, 0.3) is 0 Å². The van der Waals surface area contributed by atoms with Gasteiger partial charge in [0.05, 0.1) is 0 Å². The summed E-state index contributed by atoms with van der Waals surface area (Å²) in [5.74, 6) is 1.47. The summed E-state index contributed by atoms with van der Waals surface area (Å²) >= 11 is 0. The Morgan fingerprint density at radius 3 is 2.62 bits per heavy atom. The van der Waals surface area contributed by atoms with Crippen molar-refractivity contribution in [3.05, 3.63) is 0 Å². The van der Waals surface area contributed by atoms with E-state index in [-0.39, 0.29) is 0 Å². The fourth-order valence-corrected chi connectivity index (χ4v) is 2.86. The molecule has 78 valence electrons. The van der Waals surface area contributed by atoms with E-state index in [1.165, 1.54) is 19.5 Å². The number of hydrogen-bond donors (Lipinski definition) is 1. The van der Waals surface area contributed by atoms with Gasteiger partial charge in [0.15, 0.2) is 0 Å². The number of piperidine rings is 1. The average Bonchev–Trinajstić information content (AvgIpc) is 2.01. The zero-order valence-corrected chi connectivity index (χ0v) is 9.51. The van der Waals surface area contributed by atoms with Gasteiger partial charge < -0.3 is 10.6 Å². The molecule has 0 spiro atoms. The predicted molar refractivity (Wildman–Crippen MR) is 57.6 cm³/mol. The van der Waals surface area contributed by atoms with E-state index >= 15 is 0 Å². The molecule has 2 N–H and O–H groups in total. The average molecular weight is 184 g/mol. The van der Waals surface area contributed by atoms with Gasteiger partial charge in [0.2, 0.25) is 0 Å². The standard InChI is InChI=1S/C11H24N2/c1-9(7-12)10-5-6-13(4)8-11(10,2)3/h9-10H,5-8,12H2,1-4H3. The number of nitrogens with two attached hydrogens (primary N) is 1. The van der Waals surface area contributed by atoms with Crippen molar-refractivity contribution in [2.75, 3.05) is 26.7 Å². The van der Waals surface area contributed by atoms with Crippen LogP contribution in [0.3, 0.4) is 0 Å². The second-order valence-electron chi connectivity index (χ2n) is 5.33. The van der Waals surface area contributed by atoms with Crippen molar-refractivity contribution in [3.8, 4) is 0 Å². The van der Waals surface area contributed by atoms with Gasteiger partial charge in [0.1, 0.15) is 0 Å². The molecule has 0 bridgehead atoms. The maximum Gasteiger partial charge on any atom is 0.00324 e. The molecule has 1 aliphatic heterocycles. The van der Waals surface area contributed by atoms with Crippen molar-refractivity contribution in [1.82, 2.24) is 4.90 Å². The lowest BCUT2D eigenvalue weighted by molar-refractivity contribution is 0.0409. The molecule has 2 atom stereocenters. The summed E-state index contributed by atoms with van der Waals surface area (Å²) in [6, 6.07) is 0. The van der Waals surface area contributed by atoms with E-state index < -0.39 is 0 Å². The number of rotatable bonds is 2. The van der Waals surface area contributed by atoms with Crippen molar-refractivity contribution in [2.24, 2.45) is 23.0 Å². The van der Waals surface area contributed by atoms with Crippen LogP contribution in [0, 0.1) is 17.3 Å². The molecule has 2 nitrogen and oxygen atoms in total. The molecule has 0 aromatic rings. The zero-order chi connectivity index (χ0) is 10.1. The molecular formula is C11H24N2. The summed E-state index contributed by atoms with van der Waals surface area (Å²) in [7, 11) is 2.21. The molecule has 0 saturated carbocycles. The molecule has 0 aromatic carbocycles. The summed E-state index contributed by atoms with van der Waals surface area (Å²) in [6.45, 7) is 10.3. The summed E-state index contributed by atoms with van der Waals surface area (Å²) in [5.41, 5.74) is 6.18. The Hall–Kier alpha value is -0.0800. The molecule has 0 aliphatic carbocycles. The Kier molecular flexibility index (Phi) is 3.36. The van der Waals surface area contributed by atoms with Crippen LogP contribution in [-0.2, 0) is 0 Å². The van der Waals surface area contributed by atoms with Crippen LogP contribution in [-0.4, -0.2) is 31.6 Å². The second-order valence-corrected chi connectivity index (χ2v) is 5.33. The first kappa shape index (κ1) is 11.0. The molecule has 1 saturated heterocycles. The van der Waals surface area contributed by atoms with E-state index in [2.05, 4.69) is 32.7 Å². The Balaban J connectivity index is 2.64. The number of likely N-dealkylation sites (tertiary alicyclic amines) is 1. The normalized spacial score (nSPS) is 31.6. The summed E-state index contributed by atoms with van der Waals surface area (Å²) < 4.78 is 0. The lowest BCUT2D eigenvalue weighted by atomic mass is 9.68. The van der Waals surface area contributed by atoms with Gasteiger partial charge in [-0.1, -0.05) is 20.8 Å². The van der Waals surface area contributed by atoms with Crippen LogP contribution in [0.5, 0.6) is 0 Å². The number of nitrogens with zero attached hydrogens (tertiary/aromatic N) is 1. The smallest absolute Gasteiger partial charge is 0.00324 e. The van der Waals surface area contributed by atoms with Crippen molar-refractivity contribution >= 4 is 0 Å². The fraction of sp³-hybridized carbons (Fsp3) is 1.00. The molecule has 2 unspecified atom stereocenters. The maximum absolute atomic E-state index is 5.75. The lowest BCUT2D eigenvalue weighted by Crippen LogP contribution is -2.47. The summed E-state index contributed by atoms with van der Waals surface area (Å²) in [4.78, 5) is 2.43. The molecule has 1 fully saturated rings. The first-order chi connectivity index (χ1) is 5.97. The van der Waals surface area contributed by atoms with Crippen molar-refractivity contribution in [2.45, 2.75) is 27.2 Å². The summed E-state index contributed by atoms with van der Waals surface area (Å²) in [6.07, 6.45) is 1.31. The van der Waals surface area contributed by atoms with Gasteiger partial charge in [-0.3, -0.25) is 0 Å². The number of hydrogen-bond acceptors (Lipinski definition) is 2. The Bertz CT molecular complexity index is 165. The largest absolute Gasteiger partial charge is 0.330 e.